The molecule has 1 fully saturated rings. The third kappa shape index (κ3) is 12.4. The number of nitrogen functional groups attached to an aromatic ring is 1. The molecule has 4 amide bonds. The highest BCUT2D eigenvalue weighted by molar-refractivity contribution is 7.89. The van der Waals surface area contributed by atoms with Gasteiger partial charge < -0.3 is 30.3 Å². The maximum atomic E-state index is 14.2. The highest BCUT2D eigenvalue weighted by atomic mass is 32.2. The summed E-state index contributed by atoms with van der Waals surface area (Å²) in [5.74, 6) is -2.97. The molecule has 1 aromatic rings. The van der Waals surface area contributed by atoms with Crippen LogP contribution in [0.3, 0.4) is 0 Å². The summed E-state index contributed by atoms with van der Waals surface area (Å²) in [5, 5.41) is 3.01. The number of sulfonamides is 1. The number of carbonyl (C=O) groups is 4. The number of likely N-dealkylation sites (tertiary alicyclic amines) is 1. The van der Waals surface area contributed by atoms with E-state index < -0.39 is 64.0 Å². The van der Waals surface area contributed by atoms with Crippen LogP contribution in [0.25, 0.3) is 0 Å². The van der Waals surface area contributed by atoms with E-state index in [2.05, 4.69) is 10.0 Å². The number of nitrogens with one attached hydrogen (secondary N) is 2. The van der Waals surface area contributed by atoms with Gasteiger partial charge in [0.2, 0.25) is 33.7 Å². The minimum Gasteiger partial charge on any atom is -0.399 e. The Labute approximate surface area is 317 Å². The lowest BCUT2D eigenvalue weighted by Crippen LogP contribution is -2.59. The summed E-state index contributed by atoms with van der Waals surface area (Å²) >= 11 is 0. The molecule has 302 valence electrons. The van der Waals surface area contributed by atoms with Crippen molar-refractivity contribution in [3.63, 3.8) is 0 Å². The van der Waals surface area contributed by atoms with Crippen molar-refractivity contribution in [3.05, 3.63) is 29.8 Å². The van der Waals surface area contributed by atoms with Crippen LogP contribution in [0.5, 0.6) is 0 Å². The highest BCUT2D eigenvalue weighted by Gasteiger charge is 2.43. The third-order valence-electron chi connectivity index (χ3n) is 10.5. The van der Waals surface area contributed by atoms with Gasteiger partial charge in [-0.15, -0.1) is 0 Å². The Kier molecular flexibility index (Phi) is 17.7. The summed E-state index contributed by atoms with van der Waals surface area (Å²) in [7, 11) is 4.32. The molecule has 15 heteroatoms. The molecule has 1 aliphatic rings. The molecular weight excluding hydrogens is 701 g/mol. The van der Waals surface area contributed by atoms with Gasteiger partial charge in [-0.1, -0.05) is 67.0 Å². The first-order valence-electron chi connectivity index (χ1n) is 18.7. The maximum Gasteiger partial charge on any atom is 0.245 e. The van der Waals surface area contributed by atoms with Crippen LogP contribution in [-0.4, -0.2) is 125 Å². The predicted molar refractivity (Wildman–Crippen MR) is 207 cm³/mol. The number of rotatable bonds is 20. The normalized spacial score (nSPS) is 19.0. The number of ether oxygens (including phenoxy) is 2. The Morgan fingerprint density at radius 1 is 0.943 bits per heavy atom. The van der Waals surface area contributed by atoms with E-state index >= 15 is 0 Å². The number of anilines is 1. The minimum absolute atomic E-state index is 0.0280. The second-order valence-electron chi connectivity index (χ2n) is 15.4. The largest absolute Gasteiger partial charge is 0.399 e. The van der Waals surface area contributed by atoms with Crippen molar-refractivity contribution < 1.29 is 37.1 Å². The summed E-state index contributed by atoms with van der Waals surface area (Å²) in [4.78, 5) is 60.1. The van der Waals surface area contributed by atoms with Crippen LogP contribution < -0.4 is 15.8 Å². The fourth-order valence-electron chi connectivity index (χ4n) is 7.53. The minimum atomic E-state index is -4.02. The van der Waals surface area contributed by atoms with E-state index in [0.29, 0.717) is 37.1 Å². The van der Waals surface area contributed by atoms with Gasteiger partial charge in [0, 0.05) is 33.5 Å². The van der Waals surface area contributed by atoms with Gasteiger partial charge >= 0.3 is 0 Å². The number of amides is 4. The summed E-state index contributed by atoms with van der Waals surface area (Å²) in [6.07, 6.45) is 0.437. The number of nitrogens with two attached hydrogens (primary N) is 1. The van der Waals surface area contributed by atoms with Gasteiger partial charge in [-0.05, 0) is 62.4 Å². The first-order chi connectivity index (χ1) is 24.7. The fourth-order valence-corrected chi connectivity index (χ4v) is 8.72. The van der Waals surface area contributed by atoms with E-state index in [1.54, 1.807) is 48.0 Å². The second-order valence-corrected chi connectivity index (χ2v) is 17.2. The first-order valence-corrected chi connectivity index (χ1v) is 20.3. The Hall–Kier alpha value is -3.27. The molecule has 0 spiro atoms. The number of methoxy groups -OCH3 is 2. The molecule has 1 heterocycles. The van der Waals surface area contributed by atoms with E-state index in [4.69, 9.17) is 15.2 Å². The molecule has 1 saturated heterocycles. The Morgan fingerprint density at radius 3 is 2.04 bits per heavy atom. The zero-order valence-corrected chi connectivity index (χ0v) is 34.7. The quantitative estimate of drug-likeness (QED) is 0.167. The maximum absolute atomic E-state index is 14.2. The van der Waals surface area contributed by atoms with Gasteiger partial charge in [0.05, 0.1) is 48.4 Å². The predicted octanol–water partition coefficient (Wildman–Crippen LogP) is 2.86. The zero-order valence-electron chi connectivity index (χ0n) is 33.9. The monoisotopic (exact) mass is 766 g/mol. The van der Waals surface area contributed by atoms with Crippen molar-refractivity contribution >= 4 is 39.3 Å². The van der Waals surface area contributed by atoms with E-state index in [1.165, 1.54) is 14.2 Å². The second kappa shape index (κ2) is 20.4. The van der Waals surface area contributed by atoms with E-state index in [0.717, 1.165) is 0 Å². The number of hydrogen-bond acceptors (Lipinski definition) is 10. The van der Waals surface area contributed by atoms with Crippen molar-refractivity contribution in [1.82, 2.24) is 24.7 Å². The molecule has 4 N–H and O–H groups in total. The summed E-state index contributed by atoms with van der Waals surface area (Å²) < 4.78 is 39.7. The van der Waals surface area contributed by atoms with Crippen molar-refractivity contribution in [2.45, 2.75) is 116 Å². The molecule has 1 aliphatic heterocycles. The molecule has 0 aromatic heterocycles. The van der Waals surface area contributed by atoms with Gasteiger partial charge in [0.1, 0.15) is 6.04 Å². The molecule has 14 nitrogen and oxygen atoms in total. The van der Waals surface area contributed by atoms with Crippen LogP contribution in [-0.2, 0) is 44.4 Å². The van der Waals surface area contributed by atoms with Crippen LogP contribution >= 0.6 is 0 Å². The smallest absolute Gasteiger partial charge is 0.245 e. The molecule has 2 rings (SSSR count). The van der Waals surface area contributed by atoms with E-state index in [1.807, 2.05) is 60.5 Å². The summed E-state index contributed by atoms with van der Waals surface area (Å²) in [6, 6.07) is 4.17. The van der Waals surface area contributed by atoms with Crippen molar-refractivity contribution in [2.75, 3.05) is 47.6 Å². The number of hydrogen-bond donors (Lipinski definition) is 3. The average Bonchev–Trinajstić information content (AvgIpc) is 3.56. The van der Waals surface area contributed by atoms with Crippen LogP contribution in [0, 0.1) is 23.7 Å². The SMILES string of the molecule is CC[C@@H](C)[C@@H]([C@@H](CC(=O)N1CCC[C@H]1[C@H](OC)[C@@H](C)C(=O)NS(=O)(=O)Cc1ccc(N)cc1)OC)N(C)C(=O)C(NC(=O)[C@H](C(C)C)N(C)C)C(C)C. The van der Waals surface area contributed by atoms with Gasteiger partial charge in [-0.25, -0.2) is 8.42 Å². The molecule has 53 heavy (non-hydrogen) atoms. The van der Waals surface area contributed by atoms with Crippen molar-refractivity contribution in [3.8, 4) is 0 Å². The number of carbonyl (C=O) groups excluding carboxylic acids is 4. The lowest BCUT2D eigenvalue weighted by molar-refractivity contribution is -0.148. The molecule has 1 aromatic carbocycles. The standard InChI is InChI=1S/C38H66N6O8S/c1-13-25(6)34(43(10)38(48)32(23(2)3)40-37(47)33(24(4)5)42(8)9)30(51-11)21-31(45)44-20-14-15-29(44)35(52-12)26(7)36(46)41-53(49,50)22-27-16-18-28(39)19-17-27/h16-19,23-26,29-30,32-35H,13-15,20-22,39H2,1-12H3,(H,40,47)(H,41,46)/t25-,26-,29+,30-,32?,33+,34+,35-/m1/s1. The number of benzene rings is 1. The van der Waals surface area contributed by atoms with E-state index in [9.17, 15) is 27.6 Å². The molecular formula is C38H66N6O8S. The van der Waals surface area contributed by atoms with Crippen molar-refractivity contribution in [2.24, 2.45) is 23.7 Å². The first kappa shape index (κ1) is 45.9. The van der Waals surface area contributed by atoms with Crippen LogP contribution in [0.4, 0.5) is 5.69 Å². The Balaban J connectivity index is 2.26. The lowest BCUT2D eigenvalue weighted by Gasteiger charge is -2.41. The van der Waals surface area contributed by atoms with E-state index in [-0.39, 0.29) is 41.9 Å². The Morgan fingerprint density at radius 2 is 1.55 bits per heavy atom. The fraction of sp³-hybridized carbons (Fsp3) is 0.737. The third-order valence-corrected chi connectivity index (χ3v) is 11.8. The van der Waals surface area contributed by atoms with Crippen LogP contribution in [0.15, 0.2) is 24.3 Å². The molecule has 0 radical (unpaired) electrons. The van der Waals surface area contributed by atoms with Crippen LogP contribution in [0.1, 0.15) is 79.7 Å². The molecule has 8 atom stereocenters. The van der Waals surface area contributed by atoms with Gasteiger partial charge in [0.25, 0.3) is 0 Å². The summed E-state index contributed by atoms with van der Waals surface area (Å²) in [6.45, 7) is 13.8. The topological polar surface area (TPSA) is 181 Å². The molecule has 0 saturated carbocycles. The average molecular weight is 767 g/mol. The molecule has 1 unspecified atom stereocenters. The molecule has 0 bridgehead atoms. The summed E-state index contributed by atoms with van der Waals surface area (Å²) in [5.41, 5.74) is 6.68. The van der Waals surface area contributed by atoms with Gasteiger partial charge in [0.15, 0.2) is 0 Å². The molecule has 0 aliphatic carbocycles. The lowest BCUT2D eigenvalue weighted by atomic mass is 9.89. The zero-order chi connectivity index (χ0) is 40.4. The highest BCUT2D eigenvalue weighted by Crippen LogP contribution is 2.30. The Bertz CT molecular complexity index is 1460. The van der Waals surface area contributed by atoms with Crippen molar-refractivity contribution in [1.29, 1.82) is 0 Å². The number of likely N-dealkylation sites (N-methyl/N-ethyl adjacent to an activating group) is 2. The van der Waals surface area contributed by atoms with Gasteiger partial charge in [-0.3, -0.25) is 28.8 Å². The van der Waals surface area contributed by atoms with Gasteiger partial charge in [-0.2, -0.15) is 0 Å². The van der Waals surface area contributed by atoms with Crippen LogP contribution in [0.2, 0.25) is 0 Å². The number of nitrogens with zero attached hydrogens (tertiary/aromatic N) is 3.